The van der Waals surface area contributed by atoms with Crippen LogP contribution in [0.3, 0.4) is 0 Å². The van der Waals surface area contributed by atoms with Crippen LogP contribution in [0.4, 0.5) is 0 Å². The van der Waals surface area contributed by atoms with Gasteiger partial charge >= 0.3 is 0 Å². The number of hydrogen-bond donors (Lipinski definition) is 1. The summed E-state index contributed by atoms with van der Waals surface area (Å²) in [6.45, 7) is 11.7. The zero-order valence-corrected chi connectivity index (χ0v) is 10.7. The van der Waals surface area contributed by atoms with E-state index in [1.165, 1.54) is 0 Å². The first-order chi connectivity index (χ1) is 8.15. The van der Waals surface area contributed by atoms with Crippen LogP contribution in [0.1, 0.15) is 25.4 Å². The highest BCUT2D eigenvalue weighted by Gasteiger charge is 2.10. The lowest BCUT2D eigenvalue weighted by atomic mass is 10.2. The van der Waals surface area contributed by atoms with Crippen LogP contribution in [0.25, 0.3) is 17.3 Å². The molecule has 1 aromatic heterocycles. The molecule has 3 heteroatoms. The Morgan fingerprint density at radius 2 is 2.24 bits per heavy atom. The lowest BCUT2D eigenvalue weighted by Crippen LogP contribution is -2.01. The van der Waals surface area contributed by atoms with Crippen molar-refractivity contribution in [2.75, 3.05) is 7.05 Å². The van der Waals surface area contributed by atoms with E-state index in [2.05, 4.69) is 23.5 Å². The fourth-order valence-corrected chi connectivity index (χ4v) is 1.58. The molecule has 1 aromatic rings. The molecular formula is C14H19N3. The van der Waals surface area contributed by atoms with Crippen LogP contribution in [0.15, 0.2) is 37.7 Å². The highest BCUT2D eigenvalue weighted by molar-refractivity contribution is 5.74. The fourth-order valence-electron chi connectivity index (χ4n) is 1.58. The number of nitrogens with one attached hydrogen (secondary N) is 1. The third-order valence-corrected chi connectivity index (χ3v) is 2.29. The highest BCUT2D eigenvalue weighted by Crippen LogP contribution is 2.20. The van der Waals surface area contributed by atoms with Crippen molar-refractivity contribution in [3.63, 3.8) is 0 Å². The molecule has 0 unspecified atom stereocenters. The molecular weight excluding hydrogens is 210 g/mol. The molecule has 0 bridgehead atoms. The zero-order valence-electron chi connectivity index (χ0n) is 10.7. The minimum absolute atomic E-state index is 0.863. The zero-order chi connectivity index (χ0) is 12.8. The quantitative estimate of drug-likeness (QED) is 0.786. The number of imidazole rings is 1. The molecule has 0 atom stereocenters. The van der Waals surface area contributed by atoms with E-state index in [0.717, 1.165) is 22.7 Å². The number of rotatable bonds is 5. The first kappa shape index (κ1) is 13.0. The molecule has 0 radical (unpaired) electrons. The van der Waals surface area contributed by atoms with Crippen LogP contribution in [0.2, 0.25) is 0 Å². The molecule has 1 N–H and O–H groups in total. The highest BCUT2D eigenvalue weighted by atomic mass is 15.1. The van der Waals surface area contributed by atoms with Gasteiger partial charge in [0.05, 0.1) is 11.9 Å². The summed E-state index contributed by atoms with van der Waals surface area (Å²) in [5, 5.41) is 3.00. The average Bonchev–Trinajstić information content (AvgIpc) is 2.70. The number of hydrogen-bond acceptors (Lipinski definition) is 2. The van der Waals surface area contributed by atoms with Crippen molar-refractivity contribution in [2.45, 2.75) is 13.8 Å². The van der Waals surface area contributed by atoms with Crippen molar-refractivity contribution in [3.8, 4) is 0 Å². The Kier molecular flexibility index (Phi) is 4.52. The maximum absolute atomic E-state index is 4.38. The monoisotopic (exact) mass is 229 g/mol. The van der Waals surface area contributed by atoms with Crippen molar-refractivity contribution in [3.05, 3.63) is 49.2 Å². The van der Waals surface area contributed by atoms with Crippen molar-refractivity contribution >= 4 is 17.3 Å². The van der Waals surface area contributed by atoms with Crippen molar-refractivity contribution in [1.29, 1.82) is 0 Å². The molecule has 0 aromatic carbocycles. The Morgan fingerprint density at radius 1 is 1.53 bits per heavy atom. The van der Waals surface area contributed by atoms with E-state index in [9.17, 15) is 0 Å². The Balaban J connectivity index is 3.38. The summed E-state index contributed by atoms with van der Waals surface area (Å²) in [5.41, 5.74) is 2.92. The van der Waals surface area contributed by atoms with E-state index < -0.39 is 0 Å². The van der Waals surface area contributed by atoms with E-state index >= 15 is 0 Å². The van der Waals surface area contributed by atoms with Gasteiger partial charge in [-0.3, -0.25) is 4.57 Å². The third-order valence-electron chi connectivity index (χ3n) is 2.29. The molecule has 0 aliphatic heterocycles. The summed E-state index contributed by atoms with van der Waals surface area (Å²) in [6, 6.07) is 0. The summed E-state index contributed by atoms with van der Waals surface area (Å²) in [4.78, 5) is 4.38. The predicted octanol–water partition coefficient (Wildman–Crippen LogP) is 3.15. The Bertz CT molecular complexity index is 476. The maximum Gasteiger partial charge on any atom is 0.139 e. The molecule has 0 amide bonds. The molecule has 0 saturated heterocycles. The smallest absolute Gasteiger partial charge is 0.139 e. The largest absolute Gasteiger partial charge is 0.393 e. The van der Waals surface area contributed by atoms with Crippen molar-refractivity contribution in [1.82, 2.24) is 14.9 Å². The van der Waals surface area contributed by atoms with Gasteiger partial charge in [-0.05, 0) is 19.4 Å². The molecule has 0 spiro atoms. The van der Waals surface area contributed by atoms with Gasteiger partial charge in [0.25, 0.3) is 0 Å². The first-order valence-corrected chi connectivity index (χ1v) is 5.51. The van der Waals surface area contributed by atoms with E-state index in [4.69, 9.17) is 0 Å². The summed E-state index contributed by atoms with van der Waals surface area (Å²) >= 11 is 0. The van der Waals surface area contributed by atoms with Crippen molar-refractivity contribution in [2.24, 2.45) is 0 Å². The summed E-state index contributed by atoms with van der Waals surface area (Å²) in [7, 11) is 1.86. The van der Waals surface area contributed by atoms with Gasteiger partial charge in [-0.1, -0.05) is 25.3 Å². The predicted molar refractivity (Wildman–Crippen MR) is 75.2 cm³/mol. The molecule has 1 rings (SSSR count). The van der Waals surface area contributed by atoms with Gasteiger partial charge < -0.3 is 5.32 Å². The molecule has 0 aliphatic rings. The molecule has 17 heavy (non-hydrogen) atoms. The summed E-state index contributed by atoms with van der Waals surface area (Å²) in [5.74, 6) is 0.863. The maximum atomic E-state index is 4.38. The van der Waals surface area contributed by atoms with Gasteiger partial charge in [-0.15, -0.1) is 0 Å². The normalized spacial score (nSPS) is 11.8. The topological polar surface area (TPSA) is 29.9 Å². The van der Waals surface area contributed by atoms with Gasteiger partial charge in [0.1, 0.15) is 5.82 Å². The first-order valence-electron chi connectivity index (χ1n) is 5.51. The molecule has 3 nitrogen and oxygen atoms in total. The van der Waals surface area contributed by atoms with Crippen LogP contribution < -0.4 is 5.32 Å². The molecule has 0 saturated carbocycles. The Labute approximate surface area is 103 Å². The number of allylic oxidation sites excluding steroid dienone is 4. The van der Waals surface area contributed by atoms with Crippen LogP contribution >= 0.6 is 0 Å². The fraction of sp³-hybridized carbons (Fsp3) is 0.214. The number of aromatic nitrogens is 2. The van der Waals surface area contributed by atoms with Crippen molar-refractivity contribution < 1.29 is 0 Å². The number of nitrogens with zero attached hydrogens (tertiary/aromatic N) is 2. The second-order valence-electron chi connectivity index (χ2n) is 3.69. The van der Waals surface area contributed by atoms with E-state index in [-0.39, 0.29) is 0 Å². The van der Waals surface area contributed by atoms with E-state index in [1.807, 2.05) is 50.1 Å². The lowest BCUT2D eigenvalue weighted by molar-refractivity contribution is 1.06. The van der Waals surface area contributed by atoms with Crippen LogP contribution in [0, 0.1) is 0 Å². The van der Waals surface area contributed by atoms with E-state index in [1.54, 1.807) is 6.08 Å². The lowest BCUT2D eigenvalue weighted by Gasteiger charge is -2.07. The minimum Gasteiger partial charge on any atom is -0.393 e. The van der Waals surface area contributed by atoms with Crippen LogP contribution in [-0.4, -0.2) is 16.6 Å². The standard InChI is InChI=1S/C14H19N3/c1-6-8-17-13(12(7-2)9-15-5)10-16-14(17)11(3)4/h6-10,15H,2-3H2,1,4-5H3/b8-6-,12-9+. The second-order valence-corrected chi connectivity index (χ2v) is 3.69. The second kappa shape index (κ2) is 5.89. The SMILES string of the molecule is C=C/C(=C\NC)c1cnc(C(=C)C)n1/C=C\C. The molecule has 1 heterocycles. The van der Waals surface area contributed by atoms with Gasteiger partial charge in [0.2, 0.25) is 0 Å². The van der Waals surface area contributed by atoms with E-state index in [0.29, 0.717) is 0 Å². The van der Waals surface area contributed by atoms with Crippen LogP contribution in [-0.2, 0) is 0 Å². The average molecular weight is 229 g/mol. The Morgan fingerprint density at radius 3 is 2.71 bits per heavy atom. The van der Waals surface area contributed by atoms with Gasteiger partial charge in [-0.2, -0.15) is 0 Å². The summed E-state index contributed by atoms with van der Waals surface area (Å²) < 4.78 is 2.01. The van der Waals surface area contributed by atoms with Gasteiger partial charge in [0, 0.05) is 25.0 Å². The molecule has 0 aliphatic carbocycles. The summed E-state index contributed by atoms with van der Waals surface area (Å²) in [6.07, 6.45) is 9.47. The Hall–Kier alpha value is -2.03. The van der Waals surface area contributed by atoms with Crippen LogP contribution in [0.5, 0.6) is 0 Å². The van der Waals surface area contributed by atoms with Gasteiger partial charge in [-0.25, -0.2) is 4.98 Å². The minimum atomic E-state index is 0.863. The molecule has 90 valence electrons. The molecule has 0 fully saturated rings. The third kappa shape index (κ3) is 2.75. The van der Waals surface area contributed by atoms with Gasteiger partial charge in [0.15, 0.2) is 0 Å².